The van der Waals surface area contributed by atoms with E-state index >= 15 is 0 Å². The highest BCUT2D eigenvalue weighted by molar-refractivity contribution is 5.87. The van der Waals surface area contributed by atoms with E-state index in [1.54, 1.807) is 6.07 Å². The Kier molecular flexibility index (Phi) is 5.44. The lowest BCUT2D eigenvalue weighted by atomic mass is 10.1. The number of ether oxygens (including phenoxy) is 1. The van der Waals surface area contributed by atoms with Gasteiger partial charge in [0, 0.05) is 11.8 Å². The number of pyridine rings is 1. The quantitative estimate of drug-likeness (QED) is 0.694. The second-order valence-corrected chi connectivity index (χ2v) is 5.88. The fourth-order valence-electron chi connectivity index (χ4n) is 2.53. The normalized spacial score (nSPS) is 10.8. The Morgan fingerprint density at radius 2 is 1.81 bits per heavy atom. The first-order chi connectivity index (χ1) is 12.6. The second-order valence-electron chi connectivity index (χ2n) is 5.88. The summed E-state index contributed by atoms with van der Waals surface area (Å²) in [5.74, 6) is -0.191. The molecule has 0 radical (unpaired) electrons. The summed E-state index contributed by atoms with van der Waals surface area (Å²) < 4.78 is 5.94. The maximum Gasteiger partial charge on any atom is 0.337 e. The van der Waals surface area contributed by atoms with E-state index in [0.29, 0.717) is 6.61 Å². The maximum absolute atomic E-state index is 11.0. The van der Waals surface area contributed by atoms with Gasteiger partial charge in [0.2, 0.25) is 0 Å². The summed E-state index contributed by atoms with van der Waals surface area (Å²) in [6.45, 7) is 2.34. The van der Waals surface area contributed by atoms with Crippen molar-refractivity contribution in [2.75, 3.05) is 0 Å². The number of benzene rings is 2. The summed E-state index contributed by atoms with van der Waals surface area (Å²) in [6, 6.07) is 19.4. The maximum atomic E-state index is 11.0. The largest absolute Gasteiger partial charge is 0.488 e. The van der Waals surface area contributed by atoms with Crippen LogP contribution in [0.4, 0.5) is 0 Å². The number of carboxylic acid groups (broad SMARTS) is 1. The van der Waals surface area contributed by atoms with E-state index in [1.807, 2.05) is 73.7 Å². The summed E-state index contributed by atoms with van der Waals surface area (Å²) in [4.78, 5) is 15.2. The number of carboxylic acids is 1. The Bertz CT molecular complexity index is 933. The molecule has 1 aromatic heterocycles. The third-order valence-electron chi connectivity index (χ3n) is 3.94. The third-order valence-corrected chi connectivity index (χ3v) is 3.94. The predicted molar refractivity (Wildman–Crippen MR) is 102 cm³/mol. The molecule has 0 bridgehead atoms. The van der Waals surface area contributed by atoms with Gasteiger partial charge >= 0.3 is 5.97 Å². The predicted octanol–water partition coefficient (Wildman–Crippen LogP) is 4.84. The minimum Gasteiger partial charge on any atom is -0.488 e. The molecular weight excluding hydrogens is 326 g/mol. The van der Waals surface area contributed by atoms with E-state index in [4.69, 9.17) is 9.84 Å². The lowest BCUT2D eigenvalue weighted by Crippen LogP contribution is -1.99. The molecule has 3 rings (SSSR count). The molecule has 0 amide bonds. The second kappa shape index (κ2) is 8.12. The fourth-order valence-corrected chi connectivity index (χ4v) is 2.53. The van der Waals surface area contributed by atoms with Crippen LogP contribution in [-0.2, 0) is 6.61 Å². The van der Waals surface area contributed by atoms with E-state index in [1.165, 1.54) is 6.20 Å². The molecule has 3 aromatic rings. The van der Waals surface area contributed by atoms with Gasteiger partial charge < -0.3 is 9.84 Å². The van der Waals surface area contributed by atoms with E-state index < -0.39 is 5.97 Å². The highest BCUT2D eigenvalue weighted by Crippen LogP contribution is 2.22. The summed E-state index contributed by atoms with van der Waals surface area (Å²) in [5.41, 5.74) is 3.77. The molecule has 0 aliphatic rings. The summed E-state index contributed by atoms with van der Waals surface area (Å²) in [5, 5.41) is 9.02. The SMILES string of the molecule is Cc1cc(C(=O)O)cnc1C=Cc1ccccc1OCc1ccccc1. The molecular formula is C22H19NO3. The number of para-hydroxylation sites is 1. The van der Waals surface area contributed by atoms with Crippen molar-refractivity contribution in [3.63, 3.8) is 0 Å². The molecule has 26 heavy (non-hydrogen) atoms. The molecule has 0 aliphatic carbocycles. The minimum absolute atomic E-state index is 0.186. The first-order valence-electron chi connectivity index (χ1n) is 8.27. The van der Waals surface area contributed by atoms with Crippen LogP contribution in [0.5, 0.6) is 5.75 Å². The van der Waals surface area contributed by atoms with E-state index in [0.717, 1.165) is 28.1 Å². The van der Waals surface area contributed by atoms with Crippen molar-refractivity contribution in [3.05, 3.63) is 94.8 Å². The number of hydrogen-bond donors (Lipinski definition) is 1. The number of rotatable bonds is 6. The topological polar surface area (TPSA) is 59.4 Å². The zero-order valence-corrected chi connectivity index (χ0v) is 14.4. The smallest absolute Gasteiger partial charge is 0.337 e. The van der Waals surface area contributed by atoms with Crippen molar-refractivity contribution >= 4 is 18.1 Å². The van der Waals surface area contributed by atoms with Gasteiger partial charge in [-0.2, -0.15) is 0 Å². The Morgan fingerprint density at radius 3 is 2.54 bits per heavy atom. The number of aromatic carboxylic acids is 1. The molecule has 0 fully saturated rings. The Hall–Kier alpha value is -3.40. The summed E-state index contributed by atoms with van der Waals surface area (Å²) in [6.07, 6.45) is 5.16. The number of aryl methyl sites for hydroxylation is 1. The first kappa shape index (κ1) is 17.4. The Labute approximate surface area is 152 Å². The molecule has 4 nitrogen and oxygen atoms in total. The van der Waals surface area contributed by atoms with Crippen LogP contribution in [0, 0.1) is 6.92 Å². The van der Waals surface area contributed by atoms with E-state index in [-0.39, 0.29) is 5.56 Å². The van der Waals surface area contributed by atoms with Crippen LogP contribution in [-0.4, -0.2) is 16.1 Å². The van der Waals surface area contributed by atoms with Crippen molar-refractivity contribution in [3.8, 4) is 5.75 Å². The molecule has 130 valence electrons. The van der Waals surface area contributed by atoms with Crippen LogP contribution in [0.2, 0.25) is 0 Å². The van der Waals surface area contributed by atoms with Crippen LogP contribution in [0.25, 0.3) is 12.2 Å². The van der Waals surface area contributed by atoms with Crippen LogP contribution < -0.4 is 4.74 Å². The van der Waals surface area contributed by atoms with Crippen molar-refractivity contribution < 1.29 is 14.6 Å². The van der Waals surface area contributed by atoms with Crippen molar-refractivity contribution in [1.82, 2.24) is 4.98 Å². The average molecular weight is 345 g/mol. The highest BCUT2D eigenvalue weighted by Gasteiger charge is 2.06. The highest BCUT2D eigenvalue weighted by atomic mass is 16.5. The third kappa shape index (κ3) is 4.36. The Morgan fingerprint density at radius 1 is 1.08 bits per heavy atom. The van der Waals surface area contributed by atoms with Gasteiger partial charge in [0.05, 0.1) is 11.3 Å². The lowest BCUT2D eigenvalue weighted by molar-refractivity contribution is 0.0696. The van der Waals surface area contributed by atoms with Crippen molar-refractivity contribution in [2.45, 2.75) is 13.5 Å². The van der Waals surface area contributed by atoms with Crippen LogP contribution in [0.3, 0.4) is 0 Å². The molecule has 0 atom stereocenters. The molecule has 0 unspecified atom stereocenters. The van der Waals surface area contributed by atoms with Crippen LogP contribution in [0.1, 0.15) is 32.7 Å². The number of carbonyl (C=O) groups is 1. The zero-order chi connectivity index (χ0) is 18.4. The summed E-state index contributed by atoms with van der Waals surface area (Å²) >= 11 is 0. The van der Waals surface area contributed by atoms with Crippen molar-refractivity contribution in [1.29, 1.82) is 0 Å². The van der Waals surface area contributed by atoms with Gasteiger partial charge in [-0.15, -0.1) is 0 Å². The Balaban J connectivity index is 1.77. The van der Waals surface area contributed by atoms with E-state index in [9.17, 15) is 4.79 Å². The van der Waals surface area contributed by atoms with Crippen molar-refractivity contribution in [2.24, 2.45) is 0 Å². The van der Waals surface area contributed by atoms with Crippen LogP contribution >= 0.6 is 0 Å². The van der Waals surface area contributed by atoms with Gasteiger partial charge in [-0.25, -0.2) is 4.79 Å². The van der Waals surface area contributed by atoms with E-state index in [2.05, 4.69) is 4.98 Å². The molecule has 4 heteroatoms. The monoisotopic (exact) mass is 345 g/mol. The van der Waals surface area contributed by atoms with Gasteiger partial charge in [0.15, 0.2) is 0 Å². The molecule has 1 N–H and O–H groups in total. The molecule has 1 heterocycles. The zero-order valence-electron chi connectivity index (χ0n) is 14.4. The first-order valence-corrected chi connectivity index (χ1v) is 8.27. The molecule has 0 saturated carbocycles. The lowest BCUT2D eigenvalue weighted by Gasteiger charge is -2.09. The van der Waals surface area contributed by atoms with Gasteiger partial charge in [-0.3, -0.25) is 4.98 Å². The average Bonchev–Trinajstić information content (AvgIpc) is 2.66. The fraction of sp³-hybridized carbons (Fsp3) is 0.0909. The minimum atomic E-state index is -0.976. The van der Waals surface area contributed by atoms with Gasteiger partial charge in [-0.1, -0.05) is 48.5 Å². The van der Waals surface area contributed by atoms with Gasteiger partial charge in [-0.05, 0) is 42.3 Å². The standard InChI is InChI=1S/C22H19NO3/c1-16-13-19(22(24)25)14-23-20(16)12-11-18-9-5-6-10-21(18)26-15-17-7-3-2-4-8-17/h2-14H,15H2,1H3,(H,24,25). The molecule has 2 aromatic carbocycles. The van der Waals surface area contributed by atoms with Gasteiger partial charge in [0.1, 0.15) is 12.4 Å². The molecule has 0 spiro atoms. The number of nitrogens with zero attached hydrogens (tertiary/aromatic N) is 1. The number of aromatic nitrogens is 1. The molecule has 0 aliphatic heterocycles. The molecule has 0 saturated heterocycles. The number of hydrogen-bond acceptors (Lipinski definition) is 3. The van der Waals surface area contributed by atoms with Gasteiger partial charge in [0.25, 0.3) is 0 Å². The summed E-state index contributed by atoms with van der Waals surface area (Å²) in [7, 11) is 0. The van der Waals surface area contributed by atoms with Crippen LogP contribution in [0.15, 0.2) is 66.9 Å².